The number of nitrogens with one attached hydrogen (secondary N) is 1. The van der Waals surface area contributed by atoms with Crippen LogP contribution in [-0.2, 0) is 0 Å². The number of carbonyl (C=O) groups is 1. The van der Waals surface area contributed by atoms with Gasteiger partial charge in [-0.15, -0.1) is 22.7 Å². The van der Waals surface area contributed by atoms with Crippen LogP contribution in [0.25, 0.3) is 12.2 Å². The molecule has 4 nitrogen and oxygen atoms in total. The van der Waals surface area contributed by atoms with E-state index in [0.717, 1.165) is 4.88 Å². The van der Waals surface area contributed by atoms with Crippen LogP contribution in [0.5, 0.6) is 5.75 Å². The summed E-state index contributed by atoms with van der Waals surface area (Å²) in [5.74, 6) is 0.444. The number of methoxy groups -OCH3 is 1. The zero-order chi connectivity index (χ0) is 16.2. The third kappa shape index (κ3) is 3.67. The Morgan fingerprint density at radius 1 is 1.26 bits per heavy atom. The molecule has 2 heterocycles. The van der Waals surface area contributed by atoms with Crippen molar-refractivity contribution < 1.29 is 9.53 Å². The van der Waals surface area contributed by atoms with Gasteiger partial charge in [-0.25, -0.2) is 0 Å². The number of benzene rings is 1. The number of ether oxygens (including phenoxy) is 1. The van der Waals surface area contributed by atoms with Crippen LogP contribution < -0.4 is 19.5 Å². The van der Waals surface area contributed by atoms with Crippen molar-refractivity contribution in [2.45, 2.75) is 0 Å². The van der Waals surface area contributed by atoms with Crippen LogP contribution in [0.2, 0.25) is 0 Å². The number of thiazole rings is 1. The number of hydrogen-bond acceptors (Lipinski definition) is 5. The lowest BCUT2D eigenvalue weighted by Gasteiger charge is -2.00. The van der Waals surface area contributed by atoms with Gasteiger partial charge in [0.25, 0.3) is 5.56 Å². The number of aromatic nitrogens is 1. The number of aromatic amines is 1. The van der Waals surface area contributed by atoms with E-state index in [1.165, 1.54) is 17.4 Å². The molecule has 116 valence electrons. The first-order valence-electron chi connectivity index (χ1n) is 6.80. The Kier molecular flexibility index (Phi) is 4.55. The molecule has 0 atom stereocenters. The third-order valence-electron chi connectivity index (χ3n) is 3.11. The largest absolute Gasteiger partial charge is 0.497 e. The molecule has 23 heavy (non-hydrogen) atoms. The highest BCUT2D eigenvalue weighted by molar-refractivity contribution is 7.11. The van der Waals surface area contributed by atoms with E-state index < -0.39 is 0 Å². The lowest BCUT2D eigenvalue weighted by atomic mass is 10.1. The van der Waals surface area contributed by atoms with Crippen LogP contribution >= 0.6 is 22.7 Å². The van der Waals surface area contributed by atoms with E-state index in [4.69, 9.17) is 4.74 Å². The van der Waals surface area contributed by atoms with Gasteiger partial charge in [-0.05, 0) is 29.7 Å². The molecule has 3 aromatic rings. The molecule has 6 heteroatoms. The summed E-state index contributed by atoms with van der Waals surface area (Å²) in [6.07, 6.45) is 3.26. The predicted molar refractivity (Wildman–Crippen MR) is 93.9 cm³/mol. The van der Waals surface area contributed by atoms with Gasteiger partial charge in [0.2, 0.25) is 0 Å². The van der Waals surface area contributed by atoms with Crippen molar-refractivity contribution in [2.75, 3.05) is 7.11 Å². The Balaban J connectivity index is 1.97. The van der Waals surface area contributed by atoms with Crippen LogP contribution in [0.4, 0.5) is 0 Å². The normalized spacial score (nSPS) is 12.6. The second-order valence-electron chi connectivity index (χ2n) is 4.68. The maximum absolute atomic E-state index is 12.3. The average Bonchev–Trinajstić information content (AvgIpc) is 3.18. The summed E-state index contributed by atoms with van der Waals surface area (Å²) in [5.41, 5.74) is 0.329. The van der Waals surface area contributed by atoms with Crippen LogP contribution in [0, 0.1) is 0 Å². The Labute approximate surface area is 140 Å². The summed E-state index contributed by atoms with van der Waals surface area (Å²) >= 11 is 2.82. The molecule has 0 aliphatic carbocycles. The van der Waals surface area contributed by atoms with Crippen molar-refractivity contribution in [3.63, 3.8) is 0 Å². The number of hydrogen-bond donors (Lipinski definition) is 1. The Morgan fingerprint density at radius 2 is 2.13 bits per heavy atom. The van der Waals surface area contributed by atoms with E-state index >= 15 is 0 Å². The summed E-state index contributed by atoms with van der Waals surface area (Å²) in [5, 5.41) is 1.95. The molecule has 2 aromatic heterocycles. The Morgan fingerprint density at radius 3 is 2.87 bits per heavy atom. The quantitative estimate of drug-likeness (QED) is 0.737. The van der Waals surface area contributed by atoms with Crippen molar-refractivity contribution in [1.29, 1.82) is 0 Å². The first-order valence-corrected chi connectivity index (χ1v) is 8.50. The topological polar surface area (TPSA) is 59.2 Å². The molecular weight excluding hydrogens is 330 g/mol. The van der Waals surface area contributed by atoms with Gasteiger partial charge in [-0.1, -0.05) is 18.2 Å². The highest BCUT2D eigenvalue weighted by Crippen LogP contribution is 2.13. The number of ketones is 1. The summed E-state index contributed by atoms with van der Waals surface area (Å²) in [7, 11) is 1.55. The minimum atomic E-state index is -0.187. The Bertz CT molecular complexity index is 997. The molecular formula is C17H13NO3S2. The van der Waals surface area contributed by atoms with Crippen LogP contribution in [-0.4, -0.2) is 17.9 Å². The zero-order valence-electron chi connectivity index (χ0n) is 12.2. The number of carbonyl (C=O) groups excluding carboxylic acids is 1. The van der Waals surface area contributed by atoms with Crippen molar-refractivity contribution >= 4 is 40.6 Å². The molecule has 0 saturated heterocycles. The molecule has 0 aliphatic rings. The molecule has 1 N–H and O–H groups in total. The fourth-order valence-corrected chi connectivity index (χ4v) is 3.61. The molecule has 0 spiro atoms. The van der Waals surface area contributed by atoms with Crippen molar-refractivity contribution in [3.8, 4) is 5.75 Å². The minimum absolute atomic E-state index is 0.177. The fraction of sp³-hybridized carbons (Fsp3) is 0.0588. The van der Waals surface area contributed by atoms with E-state index in [9.17, 15) is 9.59 Å². The SMILES string of the molecule is COc1cccc(C(=O)C=c2[nH]c(=O)c(=Cc3cccs3)s2)c1. The number of rotatable bonds is 4. The van der Waals surface area contributed by atoms with E-state index in [0.29, 0.717) is 20.5 Å². The van der Waals surface area contributed by atoms with Gasteiger partial charge < -0.3 is 9.72 Å². The van der Waals surface area contributed by atoms with E-state index in [1.807, 2.05) is 23.6 Å². The van der Waals surface area contributed by atoms with Gasteiger partial charge in [0.05, 0.1) is 16.3 Å². The van der Waals surface area contributed by atoms with Gasteiger partial charge in [-0.2, -0.15) is 0 Å². The maximum Gasteiger partial charge on any atom is 0.266 e. The average molecular weight is 343 g/mol. The molecule has 0 aliphatic heterocycles. The van der Waals surface area contributed by atoms with Gasteiger partial charge >= 0.3 is 0 Å². The van der Waals surface area contributed by atoms with Gasteiger partial charge in [-0.3, -0.25) is 9.59 Å². The first kappa shape index (κ1) is 15.5. The van der Waals surface area contributed by atoms with Gasteiger partial charge in [0.15, 0.2) is 5.78 Å². The first-order chi connectivity index (χ1) is 11.2. The molecule has 0 saturated carbocycles. The molecule has 0 fully saturated rings. The third-order valence-corrected chi connectivity index (χ3v) is 4.90. The summed E-state index contributed by atoms with van der Waals surface area (Å²) in [6, 6.07) is 10.8. The van der Waals surface area contributed by atoms with Gasteiger partial charge in [0.1, 0.15) is 5.75 Å². The van der Waals surface area contributed by atoms with E-state index in [2.05, 4.69) is 4.98 Å². The van der Waals surface area contributed by atoms with E-state index in [1.54, 1.807) is 42.7 Å². The van der Waals surface area contributed by atoms with Crippen LogP contribution in [0.3, 0.4) is 0 Å². The van der Waals surface area contributed by atoms with Crippen LogP contribution in [0.15, 0.2) is 46.6 Å². The smallest absolute Gasteiger partial charge is 0.266 e. The number of thiophene rings is 1. The zero-order valence-corrected chi connectivity index (χ0v) is 13.9. The van der Waals surface area contributed by atoms with Crippen LogP contribution in [0.1, 0.15) is 15.2 Å². The molecule has 0 radical (unpaired) electrons. The summed E-state index contributed by atoms with van der Waals surface area (Å²) in [4.78, 5) is 28.0. The number of H-pyrrole nitrogens is 1. The second kappa shape index (κ2) is 6.76. The maximum atomic E-state index is 12.3. The van der Waals surface area contributed by atoms with E-state index in [-0.39, 0.29) is 11.3 Å². The van der Waals surface area contributed by atoms with Crippen molar-refractivity contribution in [3.05, 3.63) is 71.8 Å². The van der Waals surface area contributed by atoms with Crippen molar-refractivity contribution in [2.24, 2.45) is 0 Å². The van der Waals surface area contributed by atoms with Gasteiger partial charge in [0, 0.05) is 16.5 Å². The second-order valence-corrected chi connectivity index (χ2v) is 6.75. The minimum Gasteiger partial charge on any atom is -0.497 e. The lowest BCUT2D eigenvalue weighted by Crippen LogP contribution is -2.19. The summed E-state index contributed by atoms with van der Waals surface area (Å²) in [6.45, 7) is 0. The lowest BCUT2D eigenvalue weighted by molar-refractivity contribution is 0.106. The Hall–Kier alpha value is -2.44. The molecule has 0 amide bonds. The predicted octanol–water partition coefficient (Wildman–Crippen LogP) is 2.00. The fourth-order valence-electron chi connectivity index (χ4n) is 2.01. The monoisotopic (exact) mass is 343 g/mol. The number of Topliss-reactive ketones (excluding diaryl/α,β-unsaturated/α-hetero) is 1. The molecule has 1 aromatic carbocycles. The molecule has 0 unspecified atom stereocenters. The highest BCUT2D eigenvalue weighted by Gasteiger charge is 2.04. The highest BCUT2D eigenvalue weighted by atomic mass is 32.1. The standard InChI is InChI=1S/C17H13NO3S2/c1-21-12-5-2-4-11(8-12)14(19)10-16-18-17(20)15(23-16)9-13-6-3-7-22-13/h2-10H,1H3,(H,18,20). The summed E-state index contributed by atoms with van der Waals surface area (Å²) < 4.78 is 6.23. The van der Waals surface area contributed by atoms with Crippen molar-refractivity contribution in [1.82, 2.24) is 4.98 Å². The molecule has 3 rings (SSSR count). The molecule has 0 bridgehead atoms.